The second kappa shape index (κ2) is 6.37. The Labute approximate surface area is 73.4 Å². The Hall–Kier alpha value is -0.160. The van der Waals surface area contributed by atoms with Crippen molar-refractivity contribution in [1.29, 1.82) is 0 Å². The van der Waals surface area contributed by atoms with Crippen molar-refractivity contribution in [2.45, 2.75) is 32.3 Å². The summed E-state index contributed by atoms with van der Waals surface area (Å²) in [4.78, 5) is 0. The van der Waals surface area contributed by atoms with Gasteiger partial charge in [-0.2, -0.15) is 0 Å². The van der Waals surface area contributed by atoms with E-state index in [1.807, 2.05) is 0 Å². The molecule has 1 N–H and O–H groups in total. The molecule has 12 heavy (non-hydrogen) atoms. The van der Waals surface area contributed by atoms with Crippen LogP contribution in [0.4, 0.5) is 0 Å². The van der Waals surface area contributed by atoms with Gasteiger partial charge in [0.15, 0.2) is 6.29 Å². The molecule has 0 saturated heterocycles. The third-order valence-corrected chi connectivity index (χ3v) is 1.62. The number of methoxy groups -OCH3 is 2. The van der Waals surface area contributed by atoms with Crippen molar-refractivity contribution < 1.29 is 19.3 Å². The Kier molecular flexibility index (Phi) is 6.28. The quantitative estimate of drug-likeness (QED) is 0.598. The van der Waals surface area contributed by atoms with Crippen LogP contribution < -0.4 is 0 Å². The van der Waals surface area contributed by atoms with E-state index in [1.54, 1.807) is 21.0 Å². The fourth-order valence-electron chi connectivity index (χ4n) is 0.755. The molecule has 0 aromatic rings. The average molecular weight is 178 g/mol. The van der Waals surface area contributed by atoms with E-state index in [0.29, 0.717) is 0 Å². The normalized spacial score (nSPS) is 18.8. The van der Waals surface area contributed by atoms with Gasteiger partial charge in [-0.3, -0.25) is 0 Å². The van der Waals surface area contributed by atoms with Crippen LogP contribution in [0.15, 0.2) is 0 Å². The number of aliphatic hydroxyl groups is 1. The molecule has 0 spiro atoms. The van der Waals surface area contributed by atoms with Crippen LogP contribution in [0.5, 0.6) is 0 Å². The molecule has 0 aliphatic rings. The van der Waals surface area contributed by atoms with Gasteiger partial charge in [0.2, 0.25) is 0 Å². The molecule has 0 saturated carbocycles. The summed E-state index contributed by atoms with van der Waals surface area (Å²) >= 11 is 0. The fourth-order valence-corrected chi connectivity index (χ4v) is 0.755. The van der Waals surface area contributed by atoms with Crippen molar-refractivity contribution in [1.82, 2.24) is 0 Å². The molecular weight excluding hydrogens is 160 g/mol. The van der Waals surface area contributed by atoms with Crippen LogP contribution in [0.1, 0.15) is 13.8 Å². The van der Waals surface area contributed by atoms with Crippen LogP contribution in [0.25, 0.3) is 0 Å². The smallest absolute Gasteiger partial charge is 0.154 e. The Balaban J connectivity index is 3.62. The van der Waals surface area contributed by atoms with Crippen molar-refractivity contribution in [3.8, 4) is 0 Å². The SMILES string of the molecule is COC[C@@H](O)[C@@H](C)O[C@@H](C)OC. The third kappa shape index (κ3) is 4.66. The van der Waals surface area contributed by atoms with E-state index in [0.717, 1.165) is 0 Å². The van der Waals surface area contributed by atoms with E-state index in [1.165, 1.54) is 7.11 Å². The summed E-state index contributed by atoms with van der Waals surface area (Å²) in [6.07, 6.45) is -1.18. The lowest BCUT2D eigenvalue weighted by Gasteiger charge is -2.21. The minimum absolute atomic E-state index is 0.275. The minimum atomic E-state index is -0.604. The average Bonchev–Trinajstić information content (AvgIpc) is 2.04. The van der Waals surface area contributed by atoms with Gasteiger partial charge in [-0.05, 0) is 13.8 Å². The predicted octanol–water partition coefficient (Wildman–Crippen LogP) is 0.391. The van der Waals surface area contributed by atoms with Crippen LogP contribution in [-0.2, 0) is 14.2 Å². The van der Waals surface area contributed by atoms with E-state index in [2.05, 4.69) is 0 Å². The number of rotatable bonds is 6. The van der Waals surface area contributed by atoms with E-state index in [-0.39, 0.29) is 19.0 Å². The Morgan fingerprint density at radius 3 is 2.25 bits per heavy atom. The number of ether oxygens (including phenoxy) is 3. The Morgan fingerprint density at radius 1 is 1.25 bits per heavy atom. The van der Waals surface area contributed by atoms with Gasteiger partial charge in [0.1, 0.15) is 6.10 Å². The van der Waals surface area contributed by atoms with Gasteiger partial charge in [-0.1, -0.05) is 0 Å². The zero-order valence-corrected chi connectivity index (χ0v) is 8.11. The Bertz CT molecular complexity index is 107. The summed E-state index contributed by atoms with van der Waals surface area (Å²) in [5.41, 5.74) is 0. The summed E-state index contributed by atoms with van der Waals surface area (Å²) in [6.45, 7) is 3.83. The van der Waals surface area contributed by atoms with Crippen molar-refractivity contribution >= 4 is 0 Å². The van der Waals surface area contributed by atoms with Crippen LogP contribution in [-0.4, -0.2) is 44.4 Å². The van der Waals surface area contributed by atoms with Gasteiger partial charge in [0, 0.05) is 14.2 Å². The first-order valence-electron chi connectivity index (χ1n) is 3.97. The molecule has 0 unspecified atom stereocenters. The summed E-state index contributed by atoms with van der Waals surface area (Å²) in [5.74, 6) is 0. The first-order valence-corrected chi connectivity index (χ1v) is 3.97. The van der Waals surface area contributed by atoms with Crippen molar-refractivity contribution in [2.75, 3.05) is 20.8 Å². The summed E-state index contributed by atoms with van der Waals surface area (Å²) in [6, 6.07) is 0. The second-order valence-electron chi connectivity index (χ2n) is 2.67. The van der Waals surface area contributed by atoms with Gasteiger partial charge < -0.3 is 19.3 Å². The van der Waals surface area contributed by atoms with E-state index < -0.39 is 6.10 Å². The summed E-state index contributed by atoms with van der Waals surface area (Å²) < 4.78 is 14.9. The van der Waals surface area contributed by atoms with Gasteiger partial charge in [0.05, 0.1) is 12.7 Å². The molecule has 0 rings (SSSR count). The highest BCUT2D eigenvalue weighted by atomic mass is 16.7. The topological polar surface area (TPSA) is 47.9 Å². The van der Waals surface area contributed by atoms with Crippen molar-refractivity contribution in [3.05, 3.63) is 0 Å². The predicted molar refractivity (Wildman–Crippen MR) is 44.9 cm³/mol. The molecule has 0 heterocycles. The van der Waals surface area contributed by atoms with Crippen LogP contribution in [0, 0.1) is 0 Å². The van der Waals surface area contributed by atoms with E-state index in [9.17, 15) is 5.11 Å². The molecule has 3 atom stereocenters. The molecule has 4 nitrogen and oxygen atoms in total. The van der Waals surface area contributed by atoms with E-state index in [4.69, 9.17) is 14.2 Å². The van der Waals surface area contributed by atoms with Gasteiger partial charge in [0.25, 0.3) is 0 Å². The molecule has 74 valence electrons. The lowest BCUT2D eigenvalue weighted by molar-refractivity contribution is -0.170. The maximum absolute atomic E-state index is 9.36. The highest BCUT2D eigenvalue weighted by molar-refractivity contribution is 4.62. The molecular formula is C8H18O4. The summed E-state index contributed by atoms with van der Waals surface area (Å²) in [7, 11) is 3.09. The summed E-state index contributed by atoms with van der Waals surface area (Å²) in [5, 5.41) is 9.36. The number of hydrogen-bond donors (Lipinski definition) is 1. The van der Waals surface area contributed by atoms with Crippen LogP contribution in [0.3, 0.4) is 0 Å². The van der Waals surface area contributed by atoms with Crippen molar-refractivity contribution in [3.63, 3.8) is 0 Å². The lowest BCUT2D eigenvalue weighted by atomic mass is 10.2. The zero-order chi connectivity index (χ0) is 9.56. The lowest BCUT2D eigenvalue weighted by Crippen LogP contribution is -2.33. The van der Waals surface area contributed by atoms with Crippen LogP contribution in [0.2, 0.25) is 0 Å². The van der Waals surface area contributed by atoms with Gasteiger partial charge >= 0.3 is 0 Å². The monoisotopic (exact) mass is 178 g/mol. The third-order valence-electron chi connectivity index (χ3n) is 1.62. The molecule has 0 aromatic carbocycles. The maximum atomic E-state index is 9.36. The maximum Gasteiger partial charge on any atom is 0.154 e. The standard InChI is InChI=1S/C8H18O4/c1-6(8(9)5-10-3)12-7(2)11-4/h6-9H,5H2,1-4H3/t6-,7+,8-/m1/s1. The Morgan fingerprint density at radius 2 is 1.83 bits per heavy atom. The first-order chi connectivity index (χ1) is 5.61. The van der Waals surface area contributed by atoms with Gasteiger partial charge in [-0.25, -0.2) is 0 Å². The molecule has 4 heteroatoms. The highest BCUT2D eigenvalue weighted by Gasteiger charge is 2.16. The molecule has 0 fully saturated rings. The molecule has 0 aliphatic carbocycles. The van der Waals surface area contributed by atoms with Crippen molar-refractivity contribution in [2.24, 2.45) is 0 Å². The van der Waals surface area contributed by atoms with E-state index >= 15 is 0 Å². The first kappa shape index (κ1) is 11.8. The molecule has 0 amide bonds. The minimum Gasteiger partial charge on any atom is -0.388 e. The molecule has 0 aromatic heterocycles. The van der Waals surface area contributed by atoms with Gasteiger partial charge in [-0.15, -0.1) is 0 Å². The molecule has 0 radical (unpaired) electrons. The second-order valence-corrected chi connectivity index (χ2v) is 2.67. The number of aliphatic hydroxyl groups excluding tert-OH is 1. The molecule has 0 aliphatic heterocycles. The largest absolute Gasteiger partial charge is 0.388 e. The fraction of sp³-hybridized carbons (Fsp3) is 1.00. The zero-order valence-electron chi connectivity index (χ0n) is 8.11. The molecule has 0 bridgehead atoms. The highest BCUT2D eigenvalue weighted by Crippen LogP contribution is 2.03. The van der Waals surface area contributed by atoms with Crippen LogP contribution >= 0.6 is 0 Å². The number of hydrogen-bond acceptors (Lipinski definition) is 4.